The Morgan fingerprint density at radius 2 is 2.12 bits per heavy atom. The normalized spacial score (nSPS) is 22.1. The van der Waals surface area contributed by atoms with Crippen LogP contribution in [0.1, 0.15) is 12.5 Å². The topological polar surface area (TPSA) is 140 Å². The molecule has 2 heterocycles. The van der Waals surface area contributed by atoms with Gasteiger partial charge in [-0.25, -0.2) is 13.4 Å². The number of amides is 1. The molecule has 2 aliphatic heterocycles. The number of hydrogen-bond acceptors (Lipinski definition) is 5. The highest BCUT2D eigenvalue weighted by atomic mass is 32.2. The molecule has 25 heavy (non-hydrogen) atoms. The first-order valence-corrected chi connectivity index (χ1v) is 8.72. The highest BCUT2D eigenvalue weighted by Crippen LogP contribution is 2.38. The molecule has 0 radical (unpaired) electrons. The quantitative estimate of drug-likeness (QED) is 0.417. The standard InChI is InChI=1S/C14H16FN5O4S/c1-7-4-8(5-19(7)14(16)17)9-2-3-10(21)13(12(9)15)20-6-11(22)18-25(20,23)24/h2-4,7,21H,5-6H2,1H3,(H3,16,17)(H,18,22). The van der Waals surface area contributed by atoms with Gasteiger partial charge in [-0.2, -0.15) is 8.42 Å². The predicted molar refractivity (Wildman–Crippen MR) is 88.5 cm³/mol. The van der Waals surface area contributed by atoms with Gasteiger partial charge in [0.25, 0.3) is 5.91 Å². The molecule has 1 unspecified atom stereocenters. The van der Waals surface area contributed by atoms with Crippen LogP contribution in [0.5, 0.6) is 5.75 Å². The van der Waals surface area contributed by atoms with Crippen molar-refractivity contribution in [1.82, 2.24) is 9.62 Å². The van der Waals surface area contributed by atoms with E-state index in [2.05, 4.69) is 0 Å². The van der Waals surface area contributed by atoms with Crippen LogP contribution in [-0.2, 0) is 15.0 Å². The molecule has 0 spiro atoms. The molecule has 0 saturated carbocycles. The predicted octanol–water partition coefficient (Wildman–Crippen LogP) is -0.307. The van der Waals surface area contributed by atoms with Gasteiger partial charge in [0.05, 0.1) is 0 Å². The molecule has 0 aliphatic carbocycles. The monoisotopic (exact) mass is 369 g/mol. The number of nitrogens with two attached hydrogens (primary N) is 1. The SMILES string of the molecule is CC1C=C(c2ccc(O)c(N3CC(=O)NS3(=O)=O)c2F)CN1C(=N)N. The Labute approximate surface area is 143 Å². The Hall–Kier alpha value is -2.82. The van der Waals surface area contributed by atoms with Gasteiger partial charge in [0.15, 0.2) is 11.8 Å². The summed E-state index contributed by atoms with van der Waals surface area (Å²) in [6.07, 6.45) is 1.70. The lowest BCUT2D eigenvalue weighted by Gasteiger charge is -2.22. The molecular weight excluding hydrogens is 353 g/mol. The van der Waals surface area contributed by atoms with Gasteiger partial charge in [-0.3, -0.25) is 10.2 Å². The summed E-state index contributed by atoms with van der Waals surface area (Å²) in [5.74, 6) is -2.56. The number of halogens is 1. The Bertz CT molecular complexity index is 914. The van der Waals surface area contributed by atoms with Crippen molar-refractivity contribution in [3.63, 3.8) is 0 Å². The average molecular weight is 369 g/mol. The maximum atomic E-state index is 15.0. The molecule has 1 saturated heterocycles. The second-order valence-electron chi connectivity index (χ2n) is 5.78. The third-order valence-electron chi connectivity index (χ3n) is 4.09. The third-order valence-corrected chi connectivity index (χ3v) is 5.47. The zero-order valence-electron chi connectivity index (χ0n) is 13.2. The molecule has 0 bridgehead atoms. The van der Waals surface area contributed by atoms with E-state index in [-0.39, 0.29) is 24.1 Å². The van der Waals surface area contributed by atoms with Crippen LogP contribution in [0.15, 0.2) is 18.2 Å². The van der Waals surface area contributed by atoms with E-state index in [1.54, 1.807) is 17.7 Å². The van der Waals surface area contributed by atoms with Crippen molar-refractivity contribution in [3.8, 4) is 5.75 Å². The molecule has 5 N–H and O–H groups in total. The molecule has 1 aromatic carbocycles. The van der Waals surface area contributed by atoms with E-state index in [0.29, 0.717) is 9.88 Å². The van der Waals surface area contributed by atoms with Crippen LogP contribution in [-0.4, -0.2) is 49.4 Å². The van der Waals surface area contributed by atoms with Gasteiger partial charge < -0.3 is 15.7 Å². The lowest BCUT2D eigenvalue weighted by Crippen LogP contribution is -2.39. The number of anilines is 1. The largest absolute Gasteiger partial charge is 0.506 e. The number of aromatic hydroxyl groups is 1. The molecule has 11 heteroatoms. The number of hydrogen-bond donors (Lipinski definition) is 4. The zero-order valence-corrected chi connectivity index (χ0v) is 14.0. The van der Waals surface area contributed by atoms with Crippen molar-refractivity contribution >= 4 is 33.3 Å². The van der Waals surface area contributed by atoms with Gasteiger partial charge in [0.2, 0.25) is 0 Å². The molecular formula is C14H16FN5O4S. The molecule has 2 aliphatic rings. The Kier molecular flexibility index (Phi) is 3.82. The smallest absolute Gasteiger partial charge is 0.326 e. The molecule has 0 aromatic heterocycles. The van der Waals surface area contributed by atoms with E-state index in [9.17, 15) is 18.3 Å². The molecule has 1 atom stereocenters. The number of nitrogens with one attached hydrogen (secondary N) is 2. The maximum absolute atomic E-state index is 15.0. The fraction of sp³-hybridized carbons (Fsp3) is 0.286. The van der Waals surface area contributed by atoms with Crippen LogP contribution in [0.3, 0.4) is 0 Å². The summed E-state index contributed by atoms with van der Waals surface area (Å²) in [6.45, 7) is 1.33. The average Bonchev–Trinajstić information content (AvgIpc) is 2.99. The first-order chi connectivity index (χ1) is 11.6. The minimum atomic E-state index is -4.26. The van der Waals surface area contributed by atoms with E-state index < -0.39 is 39.9 Å². The Balaban J connectivity index is 2.07. The number of carbonyl (C=O) groups excluding carboxylic acids is 1. The number of nitrogens with zero attached hydrogens (tertiary/aromatic N) is 2. The summed E-state index contributed by atoms with van der Waals surface area (Å²) in [6, 6.07) is 2.24. The van der Waals surface area contributed by atoms with Crippen LogP contribution in [0.2, 0.25) is 0 Å². The molecule has 1 fully saturated rings. The Morgan fingerprint density at radius 1 is 1.44 bits per heavy atom. The second kappa shape index (κ2) is 5.62. The molecule has 3 rings (SSSR count). The highest BCUT2D eigenvalue weighted by molar-refractivity contribution is 7.92. The van der Waals surface area contributed by atoms with Crippen molar-refractivity contribution in [2.24, 2.45) is 5.73 Å². The van der Waals surface area contributed by atoms with E-state index >= 15 is 4.39 Å². The van der Waals surface area contributed by atoms with Crippen molar-refractivity contribution in [2.45, 2.75) is 13.0 Å². The number of carbonyl (C=O) groups is 1. The van der Waals surface area contributed by atoms with Crippen LogP contribution >= 0.6 is 0 Å². The Morgan fingerprint density at radius 3 is 2.64 bits per heavy atom. The van der Waals surface area contributed by atoms with E-state index in [1.165, 1.54) is 11.0 Å². The molecule has 9 nitrogen and oxygen atoms in total. The van der Waals surface area contributed by atoms with Crippen LogP contribution in [0.25, 0.3) is 5.57 Å². The van der Waals surface area contributed by atoms with Gasteiger partial charge in [0, 0.05) is 18.2 Å². The first kappa shape index (κ1) is 17.0. The third kappa shape index (κ3) is 2.76. The van der Waals surface area contributed by atoms with E-state index in [4.69, 9.17) is 11.1 Å². The molecule has 134 valence electrons. The van der Waals surface area contributed by atoms with Crippen LogP contribution in [0, 0.1) is 11.2 Å². The lowest BCUT2D eigenvalue weighted by molar-refractivity contribution is -0.117. The summed E-state index contributed by atoms with van der Waals surface area (Å²) in [5, 5.41) is 17.5. The van der Waals surface area contributed by atoms with Gasteiger partial charge in [-0.1, -0.05) is 6.08 Å². The minimum absolute atomic E-state index is 0.0675. The summed E-state index contributed by atoms with van der Waals surface area (Å²) >= 11 is 0. The molecule has 1 aromatic rings. The van der Waals surface area contributed by atoms with Crippen LogP contribution in [0.4, 0.5) is 10.1 Å². The fourth-order valence-electron chi connectivity index (χ4n) is 2.93. The number of rotatable bonds is 2. The number of phenolic OH excluding ortho intramolecular Hbond substituents is 1. The summed E-state index contributed by atoms with van der Waals surface area (Å²) in [5.41, 5.74) is 5.45. The first-order valence-electron chi connectivity index (χ1n) is 7.28. The fourth-order valence-corrected chi connectivity index (χ4v) is 4.09. The number of benzene rings is 1. The van der Waals surface area contributed by atoms with E-state index in [0.717, 1.165) is 6.07 Å². The number of guanidine groups is 1. The second-order valence-corrected chi connectivity index (χ2v) is 7.37. The van der Waals surface area contributed by atoms with Gasteiger partial charge in [-0.15, -0.1) is 0 Å². The van der Waals surface area contributed by atoms with Gasteiger partial charge >= 0.3 is 10.2 Å². The van der Waals surface area contributed by atoms with Gasteiger partial charge in [0.1, 0.15) is 18.0 Å². The lowest BCUT2D eigenvalue weighted by atomic mass is 10.0. The van der Waals surface area contributed by atoms with Crippen molar-refractivity contribution < 1.29 is 22.7 Å². The van der Waals surface area contributed by atoms with Crippen molar-refractivity contribution in [3.05, 3.63) is 29.6 Å². The van der Waals surface area contributed by atoms with Crippen molar-refractivity contribution in [2.75, 3.05) is 17.4 Å². The van der Waals surface area contributed by atoms with Gasteiger partial charge in [-0.05, 0) is 24.6 Å². The minimum Gasteiger partial charge on any atom is -0.506 e. The zero-order chi connectivity index (χ0) is 18.5. The summed E-state index contributed by atoms with van der Waals surface area (Å²) in [7, 11) is -4.26. The molecule has 1 amide bonds. The maximum Gasteiger partial charge on any atom is 0.326 e. The number of phenols is 1. The summed E-state index contributed by atoms with van der Waals surface area (Å²) in [4.78, 5) is 12.9. The van der Waals surface area contributed by atoms with Crippen LogP contribution < -0.4 is 14.8 Å². The van der Waals surface area contributed by atoms with E-state index in [1.807, 2.05) is 0 Å². The summed E-state index contributed by atoms with van der Waals surface area (Å²) < 4.78 is 41.1. The highest BCUT2D eigenvalue weighted by Gasteiger charge is 2.38. The van der Waals surface area contributed by atoms with Crippen molar-refractivity contribution in [1.29, 1.82) is 5.41 Å².